The van der Waals surface area contributed by atoms with E-state index in [0.717, 1.165) is 4.90 Å². The molecule has 0 radical (unpaired) electrons. The molecule has 1 saturated heterocycles. The van der Waals surface area contributed by atoms with Crippen molar-refractivity contribution in [2.24, 2.45) is 0 Å². The predicted octanol–water partition coefficient (Wildman–Crippen LogP) is 0.678. The number of thioether (sulfide) groups is 1. The SMILES string of the molecule is CN(C(=O)COC(=O)C[C@H]1Sc2ccccc2NC1=O)[C@H]1CCS(=O)(=O)C1. The molecule has 8 nitrogen and oxygen atoms in total. The number of benzene rings is 1. The number of carbonyl (C=O) groups excluding carboxylic acids is 3. The molecule has 2 aliphatic heterocycles. The van der Waals surface area contributed by atoms with Crippen LogP contribution in [0.3, 0.4) is 0 Å². The maximum Gasteiger partial charge on any atom is 0.307 e. The lowest BCUT2D eigenvalue weighted by Crippen LogP contribution is -2.40. The lowest BCUT2D eigenvalue weighted by Gasteiger charge is -2.24. The lowest BCUT2D eigenvalue weighted by atomic mass is 10.2. The average molecular weight is 412 g/mol. The van der Waals surface area contributed by atoms with Crippen molar-refractivity contribution in [1.82, 2.24) is 4.90 Å². The first-order valence-corrected chi connectivity index (χ1v) is 11.1. The Morgan fingerprint density at radius 2 is 2.07 bits per heavy atom. The van der Waals surface area contributed by atoms with Gasteiger partial charge in [0.05, 0.1) is 28.9 Å². The molecule has 1 aromatic carbocycles. The summed E-state index contributed by atoms with van der Waals surface area (Å²) in [6.45, 7) is -0.471. The molecule has 2 amide bonds. The number of fused-ring (bicyclic) bond motifs is 1. The Balaban J connectivity index is 1.48. The number of likely N-dealkylation sites (N-methyl/N-ethyl adjacent to an activating group) is 1. The van der Waals surface area contributed by atoms with Crippen molar-refractivity contribution in [3.8, 4) is 0 Å². The predicted molar refractivity (Wildman–Crippen MR) is 100 cm³/mol. The van der Waals surface area contributed by atoms with Gasteiger partial charge in [0, 0.05) is 18.0 Å². The Morgan fingerprint density at radius 3 is 2.78 bits per heavy atom. The fourth-order valence-electron chi connectivity index (χ4n) is 2.97. The molecule has 0 saturated carbocycles. The van der Waals surface area contributed by atoms with Crippen molar-refractivity contribution in [3.05, 3.63) is 24.3 Å². The first-order valence-electron chi connectivity index (χ1n) is 8.43. The first kappa shape index (κ1) is 19.7. The Kier molecular flexibility index (Phi) is 5.75. The van der Waals surface area contributed by atoms with Gasteiger partial charge in [-0.25, -0.2) is 8.42 Å². The molecule has 0 bridgehead atoms. The quantitative estimate of drug-likeness (QED) is 0.708. The van der Waals surface area contributed by atoms with E-state index >= 15 is 0 Å². The lowest BCUT2D eigenvalue weighted by molar-refractivity contribution is -0.152. The smallest absolute Gasteiger partial charge is 0.307 e. The van der Waals surface area contributed by atoms with Gasteiger partial charge < -0.3 is 15.0 Å². The van der Waals surface area contributed by atoms with E-state index in [9.17, 15) is 22.8 Å². The number of esters is 1. The fourth-order valence-corrected chi connectivity index (χ4v) is 5.84. The van der Waals surface area contributed by atoms with Gasteiger partial charge in [0.25, 0.3) is 5.91 Å². The maximum absolute atomic E-state index is 12.1. The number of nitrogens with one attached hydrogen (secondary N) is 1. The monoisotopic (exact) mass is 412 g/mol. The number of nitrogens with zero attached hydrogens (tertiary/aromatic N) is 1. The molecule has 10 heteroatoms. The molecule has 0 unspecified atom stereocenters. The molecule has 2 aliphatic rings. The van der Waals surface area contributed by atoms with Gasteiger partial charge in [-0.2, -0.15) is 0 Å². The van der Waals surface area contributed by atoms with Gasteiger partial charge in [0.15, 0.2) is 16.4 Å². The molecular weight excluding hydrogens is 392 g/mol. The normalized spacial score (nSPS) is 23.2. The highest BCUT2D eigenvalue weighted by Crippen LogP contribution is 2.36. The second-order valence-electron chi connectivity index (χ2n) is 6.52. The van der Waals surface area contributed by atoms with E-state index in [-0.39, 0.29) is 23.8 Å². The number of ether oxygens (including phenoxy) is 1. The number of hydrogen-bond acceptors (Lipinski definition) is 7. The minimum atomic E-state index is -3.10. The summed E-state index contributed by atoms with van der Waals surface area (Å²) >= 11 is 1.28. The summed E-state index contributed by atoms with van der Waals surface area (Å²) in [7, 11) is -1.60. The van der Waals surface area contributed by atoms with E-state index in [2.05, 4.69) is 5.32 Å². The van der Waals surface area contributed by atoms with Crippen LogP contribution in [0.5, 0.6) is 0 Å². The molecule has 1 aromatic rings. The van der Waals surface area contributed by atoms with E-state index in [1.165, 1.54) is 23.7 Å². The molecule has 2 heterocycles. The number of amides is 2. The van der Waals surface area contributed by atoms with Crippen LogP contribution in [0.1, 0.15) is 12.8 Å². The Labute approximate surface area is 161 Å². The summed E-state index contributed by atoms with van der Waals surface area (Å²) in [5.41, 5.74) is 0.709. The van der Waals surface area contributed by atoms with Gasteiger partial charge in [-0.1, -0.05) is 12.1 Å². The van der Waals surface area contributed by atoms with Crippen LogP contribution in [0.15, 0.2) is 29.2 Å². The topological polar surface area (TPSA) is 110 Å². The van der Waals surface area contributed by atoms with Crippen LogP contribution in [0.2, 0.25) is 0 Å². The first-order chi connectivity index (χ1) is 12.7. The average Bonchev–Trinajstić information content (AvgIpc) is 2.99. The summed E-state index contributed by atoms with van der Waals surface area (Å²) in [5, 5.41) is 2.12. The molecule has 3 rings (SSSR count). The van der Waals surface area contributed by atoms with E-state index in [0.29, 0.717) is 12.1 Å². The van der Waals surface area contributed by atoms with Gasteiger partial charge in [0.1, 0.15) is 0 Å². The summed E-state index contributed by atoms with van der Waals surface area (Å²) in [6.07, 6.45) is 0.233. The van der Waals surface area contributed by atoms with Gasteiger partial charge in [-0.15, -0.1) is 11.8 Å². The zero-order valence-electron chi connectivity index (χ0n) is 14.7. The molecule has 27 heavy (non-hydrogen) atoms. The van der Waals surface area contributed by atoms with Gasteiger partial charge in [0.2, 0.25) is 5.91 Å². The number of carbonyl (C=O) groups is 3. The minimum Gasteiger partial charge on any atom is -0.456 e. The third-order valence-electron chi connectivity index (χ3n) is 4.56. The van der Waals surface area contributed by atoms with Gasteiger partial charge >= 0.3 is 5.97 Å². The Morgan fingerprint density at radius 1 is 1.33 bits per heavy atom. The Bertz CT molecular complexity index is 870. The molecule has 0 spiro atoms. The zero-order chi connectivity index (χ0) is 19.6. The number of hydrogen-bond donors (Lipinski definition) is 1. The second kappa shape index (κ2) is 7.89. The third-order valence-corrected chi connectivity index (χ3v) is 7.59. The summed E-state index contributed by atoms with van der Waals surface area (Å²) in [4.78, 5) is 38.5. The second-order valence-corrected chi connectivity index (χ2v) is 9.99. The van der Waals surface area contributed by atoms with Crippen molar-refractivity contribution >= 4 is 45.1 Å². The van der Waals surface area contributed by atoms with E-state index in [4.69, 9.17) is 4.74 Å². The summed E-state index contributed by atoms with van der Waals surface area (Å²) in [5.74, 6) is -1.40. The minimum absolute atomic E-state index is 0.0601. The molecule has 2 atom stereocenters. The molecular formula is C17H20N2O6S2. The van der Waals surface area contributed by atoms with Crippen LogP contribution in [0, 0.1) is 0 Å². The molecule has 0 aliphatic carbocycles. The molecule has 1 fully saturated rings. The van der Waals surface area contributed by atoms with Crippen LogP contribution < -0.4 is 5.32 Å². The summed E-state index contributed by atoms with van der Waals surface area (Å²) < 4.78 is 28.0. The van der Waals surface area contributed by atoms with E-state index in [1.54, 1.807) is 6.07 Å². The van der Waals surface area contributed by atoms with Crippen molar-refractivity contribution in [2.75, 3.05) is 30.5 Å². The third kappa shape index (κ3) is 4.81. The highest BCUT2D eigenvalue weighted by Gasteiger charge is 2.33. The van der Waals surface area contributed by atoms with Crippen LogP contribution >= 0.6 is 11.8 Å². The van der Waals surface area contributed by atoms with Crippen molar-refractivity contribution < 1.29 is 27.5 Å². The molecule has 0 aromatic heterocycles. The summed E-state index contributed by atoms with van der Waals surface area (Å²) in [6, 6.07) is 6.90. The highest BCUT2D eigenvalue weighted by molar-refractivity contribution is 8.01. The highest BCUT2D eigenvalue weighted by atomic mass is 32.2. The standard InChI is InChI=1S/C17H20N2O6S2/c1-19(11-6-7-27(23,24)10-11)15(20)9-25-16(21)8-14-17(22)18-12-4-2-3-5-13(12)26-14/h2-5,11,14H,6-10H2,1H3,(H,18,22)/t11-,14+/m0/s1. The van der Waals surface area contributed by atoms with E-state index < -0.39 is 39.6 Å². The fraction of sp³-hybridized carbons (Fsp3) is 0.471. The molecule has 146 valence electrons. The van der Waals surface area contributed by atoms with Crippen LogP contribution in [-0.2, 0) is 29.0 Å². The number of para-hydroxylation sites is 1. The van der Waals surface area contributed by atoms with Gasteiger partial charge in [-0.3, -0.25) is 14.4 Å². The number of rotatable bonds is 5. The van der Waals surface area contributed by atoms with Crippen LogP contribution in [-0.4, -0.2) is 67.6 Å². The van der Waals surface area contributed by atoms with Crippen LogP contribution in [0.25, 0.3) is 0 Å². The molecule has 1 N–H and O–H groups in total. The van der Waals surface area contributed by atoms with Crippen LogP contribution in [0.4, 0.5) is 5.69 Å². The van der Waals surface area contributed by atoms with Crippen molar-refractivity contribution in [2.45, 2.75) is 29.0 Å². The van der Waals surface area contributed by atoms with Gasteiger partial charge in [-0.05, 0) is 18.6 Å². The van der Waals surface area contributed by atoms with Crippen molar-refractivity contribution in [3.63, 3.8) is 0 Å². The van der Waals surface area contributed by atoms with E-state index in [1.807, 2.05) is 18.2 Å². The number of sulfone groups is 1. The maximum atomic E-state index is 12.1. The number of anilines is 1. The van der Waals surface area contributed by atoms with Crippen molar-refractivity contribution in [1.29, 1.82) is 0 Å². The largest absolute Gasteiger partial charge is 0.456 e. The Hall–Kier alpha value is -2.07. The zero-order valence-corrected chi connectivity index (χ0v) is 16.3.